The Kier molecular flexibility index (Phi) is 4.57. The number of phenolic OH excluding ortho intramolecular Hbond substituents is 1. The second kappa shape index (κ2) is 6.79. The minimum atomic E-state index is -0.196. The monoisotopic (exact) mass is 312 g/mol. The van der Waals surface area contributed by atoms with E-state index >= 15 is 0 Å². The molecule has 0 spiro atoms. The van der Waals surface area contributed by atoms with Gasteiger partial charge in [0.1, 0.15) is 11.9 Å². The summed E-state index contributed by atoms with van der Waals surface area (Å²) in [5.74, 6) is 0.301. The van der Waals surface area contributed by atoms with Crippen LogP contribution in [0.4, 0.5) is 0 Å². The third-order valence-corrected chi connectivity index (χ3v) is 4.14. The average molecular weight is 312 g/mol. The first-order valence-electron chi connectivity index (χ1n) is 7.71. The predicted octanol–water partition coefficient (Wildman–Crippen LogP) is 2.24. The molecule has 2 heterocycles. The molecule has 5 heteroatoms. The quantitative estimate of drug-likeness (QED) is 0.944. The Bertz CT molecular complexity index is 702. The molecule has 1 aliphatic heterocycles. The van der Waals surface area contributed by atoms with Crippen molar-refractivity contribution in [3.8, 4) is 5.75 Å². The van der Waals surface area contributed by atoms with Gasteiger partial charge in [0, 0.05) is 18.9 Å². The normalized spacial score (nSPS) is 18.0. The van der Waals surface area contributed by atoms with E-state index < -0.39 is 0 Å². The molecule has 23 heavy (non-hydrogen) atoms. The summed E-state index contributed by atoms with van der Waals surface area (Å²) in [4.78, 5) is 18.5. The zero-order valence-corrected chi connectivity index (χ0v) is 13.1. The van der Waals surface area contributed by atoms with E-state index in [1.165, 1.54) is 0 Å². The summed E-state index contributed by atoms with van der Waals surface area (Å²) in [5, 5.41) is 9.60. The van der Waals surface area contributed by atoms with Crippen molar-refractivity contribution in [3.05, 3.63) is 59.4 Å². The van der Waals surface area contributed by atoms with E-state index in [2.05, 4.69) is 4.98 Å². The second-order valence-corrected chi connectivity index (χ2v) is 5.77. The van der Waals surface area contributed by atoms with Crippen molar-refractivity contribution in [2.24, 2.45) is 0 Å². The van der Waals surface area contributed by atoms with Crippen LogP contribution in [-0.2, 0) is 16.0 Å². The van der Waals surface area contributed by atoms with Crippen molar-refractivity contribution in [1.29, 1.82) is 0 Å². The number of aryl methyl sites for hydroxylation is 1. The molecule has 0 saturated carbocycles. The second-order valence-electron chi connectivity index (χ2n) is 5.77. The van der Waals surface area contributed by atoms with E-state index in [0.717, 1.165) is 16.7 Å². The fourth-order valence-electron chi connectivity index (χ4n) is 2.78. The highest BCUT2D eigenvalue weighted by molar-refractivity contribution is 5.79. The van der Waals surface area contributed by atoms with Crippen LogP contribution in [0, 0.1) is 6.92 Å². The van der Waals surface area contributed by atoms with Crippen LogP contribution in [0.15, 0.2) is 42.7 Å². The van der Waals surface area contributed by atoms with Crippen molar-refractivity contribution < 1.29 is 14.6 Å². The van der Waals surface area contributed by atoms with Gasteiger partial charge in [-0.3, -0.25) is 9.78 Å². The number of phenols is 1. The van der Waals surface area contributed by atoms with Crippen molar-refractivity contribution in [3.63, 3.8) is 0 Å². The summed E-state index contributed by atoms with van der Waals surface area (Å²) in [6.07, 6.45) is 3.67. The lowest BCUT2D eigenvalue weighted by Gasteiger charge is -2.33. The Morgan fingerprint density at radius 2 is 2.30 bits per heavy atom. The maximum absolute atomic E-state index is 12.6. The van der Waals surface area contributed by atoms with Gasteiger partial charge in [-0.05, 0) is 41.8 Å². The summed E-state index contributed by atoms with van der Waals surface area (Å²) in [7, 11) is 0. The highest BCUT2D eigenvalue weighted by atomic mass is 16.5. The molecule has 0 unspecified atom stereocenters. The first-order valence-corrected chi connectivity index (χ1v) is 7.71. The summed E-state index contributed by atoms with van der Waals surface area (Å²) in [6.45, 7) is 3.57. The lowest BCUT2D eigenvalue weighted by molar-refractivity contribution is -0.138. The van der Waals surface area contributed by atoms with Gasteiger partial charge in [-0.25, -0.2) is 0 Å². The van der Waals surface area contributed by atoms with Crippen molar-refractivity contribution in [1.82, 2.24) is 9.88 Å². The Hall–Kier alpha value is -2.40. The third-order valence-electron chi connectivity index (χ3n) is 4.14. The minimum absolute atomic E-state index is 0.0905. The third kappa shape index (κ3) is 3.68. The lowest BCUT2D eigenvalue weighted by atomic mass is 10.1. The molecule has 1 aliphatic rings. The van der Waals surface area contributed by atoms with E-state index in [1.807, 2.05) is 24.0 Å². The number of carbonyl (C=O) groups is 1. The van der Waals surface area contributed by atoms with Gasteiger partial charge < -0.3 is 14.7 Å². The van der Waals surface area contributed by atoms with Crippen LogP contribution in [-0.4, -0.2) is 40.6 Å². The number of pyridine rings is 1. The van der Waals surface area contributed by atoms with Crippen molar-refractivity contribution in [2.75, 3.05) is 19.7 Å². The Morgan fingerprint density at radius 1 is 1.43 bits per heavy atom. The topological polar surface area (TPSA) is 62.7 Å². The molecule has 120 valence electrons. The number of benzene rings is 1. The van der Waals surface area contributed by atoms with Crippen molar-refractivity contribution in [2.45, 2.75) is 19.4 Å². The zero-order chi connectivity index (χ0) is 16.2. The number of nitrogens with zero attached hydrogens (tertiary/aromatic N) is 2. The molecule has 1 aromatic heterocycles. The molecular formula is C18H20N2O3. The van der Waals surface area contributed by atoms with Crippen molar-refractivity contribution >= 4 is 5.91 Å². The summed E-state index contributed by atoms with van der Waals surface area (Å²) in [6, 6.07) is 8.90. The predicted molar refractivity (Wildman–Crippen MR) is 86.1 cm³/mol. The van der Waals surface area contributed by atoms with E-state index in [4.69, 9.17) is 4.74 Å². The fraction of sp³-hybridized carbons (Fsp3) is 0.333. The number of hydrogen-bond donors (Lipinski definition) is 1. The van der Waals surface area contributed by atoms with Crippen LogP contribution in [0.1, 0.15) is 22.8 Å². The van der Waals surface area contributed by atoms with Gasteiger partial charge in [0.15, 0.2) is 0 Å². The SMILES string of the molecule is Cc1cnccc1CC(=O)N1CCO[C@H](c2cccc(O)c2)C1. The van der Waals surface area contributed by atoms with E-state index in [9.17, 15) is 9.90 Å². The van der Waals surface area contributed by atoms with Crippen LogP contribution in [0.2, 0.25) is 0 Å². The summed E-state index contributed by atoms with van der Waals surface area (Å²) in [5.41, 5.74) is 2.92. The van der Waals surface area contributed by atoms with Gasteiger partial charge in [-0.15, -0.1) is 0 Å². The van der Waals surface area contributed by atoms with Crippen LogP contribution < -0.4 is 0 Å². The molecule has 1 aromatic carbocycles. The van der Waals surface area contributed by atoms with Gasteiger partial charge in [0.25, 0.3) is 0 Å². The average Bonchev–Trinajstić information content (AvgIpc) is 2.57. The molecule has 2 aromatic rings. The number of carbonyl (C=O) groups excluding carboxylic acids is 1. The van der Waals surface area contributed by atoms with E-state index in [0.29, 0.717) is 26.1 Å². The highest BCUT2D eigenvalue weighted by Gasteiger charge is 2.25. The molecule has 3 rings (SSSR count). The maximum atomic E-state index is 12.6. The van der Waals surface area contributed by atoms with Gasteiger partial charge in [0.05, 0.1) is 19.6 Å². The first kappa shape index (κ1) is 15.5. The molecule has 1 atom stereocenters. The molecule has 1 fully saturated rings. The van der Waals surface area contributed by atoms with Crippen LogP contribution in [0.25, 0.3) is 0 Å². The van der Waals surface area contributed by atoms with E-state index in [1.54, 1.807) is 30.6 Å². The van der Waals surface area contributed by atoms with Crippen LogP contribution in [0.3, 0.4) is 0 Å². The minimum Gasteiger partial charge on any atom is -0.508 e. The van der Waals surface area contributed by atoms with Crippen LogP contribution >= 0.6 is 0 Å². The molecule has 1 saturated heterocycles. The largest absolute Gasteiger partial charge is 0.508 e. The molecule has 0 radical (unpaired) electrons. The molecule has 0 aliphatic carbocycles. The number of rotatable bonds is 3. The number of ether oxygens (including phenoxy) is 1. The standard InChI is InChI=1S/C18H20N2O3/c1-13-11-19-6-5-14(13)10-18(22)20-7-8-23-17(12-20)15-3-2-4-16(21)9-15/h2-6,9,11,17,21H,7-8,10,12H2,1H3/t17-/m0/s1. The Morgan fingerprint density at radius 3 is 3.09 bits per heavy atom. The molecule has 5 nitrogen and oxygen atoms in total. The van der Waals surface area contributed by atoms with Crippen LogP contribution in [0.5, 0.6) is 5.75 Å². The summed E-state index contributed by atoms with van der Waals surface area (Å²) < 4.78 is 5.76. The Labute approximate surface area is 135 Å². The fourth-order valence-corrected chi connectivity index (χ4v) is 2.78. The highest BCUT2D eigenvalue weighted by Crippen LogP contribution is 2.25. The lowest BCUT2D eigenvalue weighted by Crippen LogP contribution is -2.43. The number of amides is 1. The number of morpholine rings is 1. The number of aromatic hydroxyl groups is 1. The number of aromatic nitrogens is 1. The molecular weight excluding hydrogens is 292 g/mol. The van der Waals surface area contributed by atoms with Gasteiger partial charge >= 0.3 is 0 Å². The molecule has 0 bridgehead atoms. The van der Waals surface area contributed by atoms with Gasteiger partial charge in [0.2, 0.25) is 5.91 Å². The first-order chi connectivity index (χ1) is 11.1. The number of hydrogen-bond acceptors (Lipinski definition) is 4. The smallest absolute Gasteiger partial charge is 0.227 e. The van der Waals surface area contributed by atoms with E-state index in [-0.39, 0.29) is 17.8 Å². The summed E-state index contributed by atoms with van der Waals surface area (Å²) >= 11 is 0. The zero-order valence-electron chi connectivity index (χ0n) is 13.1. The Balaban J connectivity index is 1.68. The molecule has 1 N–H and O–H groups in total. The molecule has 1 amide bonds. The van der Waals surface area contributed by atoms with Gasteiger partial charge in [-0.2, -0.15) is 0 Å². The maximum Gasteiger partial charge on any atom is 0.227 e. The van der Waals surface area contributed by atoms with Gasteiger partial charge in [-0.1, -0.05) is 12.1 Å².